The zero-order chi connectivity index (χ0) is 22.6. The van der Waals surface area contributed by atoms with Gasteiger partial charge in [0.05, 0.1) is 31.0 Å². The van der Waals surface area contributed by atoms with Crippen LogP contribution in [-0.2, 0) is 28.2 Å². The number of benzene rings is 2. The molecule has 0 spiro atoms. The fourth-order valence-electron chi connectivity index (χ4n) is 4.35. The van der Waals surface area contributed by atoms with E-state index in [4.69, 9.17) is 14.2 Å². The topological polar surface area (TPSA) is 90.8 Å². The first-order chi connectivity index (χ1) is 16.0. The molecule has 0 saturated carbocycles. The van der Waals surface area contributed by atoms with Gasteiger partial charge in [0, 0.05) is 28.9 Å². The number of hydrogen-bond acceptors (Lipinski definition) is 9. The van der Waals surface area contributed by atoms with Crippen molar-refractivity contribution in [3.63, 3.8) is 0 Å². The average molecular weight is 479 g/mol. The summed E-state index contributed by atoms with van der Waals surface area (Å²) in [5.74, 6) is -1.67. The molecule has 2 aliphatic heterocycles. The molecule has 1 atom stereocenters. The van der Waals surface area contributed by atoms with Gasteiger partial charge in [-0.15, -0.1) is 11.3 Å². The molecular formula is C24H18N2O5S2. The Labute approximate surface area is 197 Å². The van der Waals surface area contributed by atoms with Crippen molar-refractivity contribution >= 4 is 45.6 Å². The quantitative estimate of drug-likeness (QED) is 0.432. The van der Waals surface area contributed by atoms with E-state index in [1.54, 1.807) is 13.2 Å². The molecule has 7 nitrogen and oxygen atoms in total. The number of ether oxygens (including phenoxy) is 3. The molecule has 166 valence electrons. The molecule has 0 saturated heterocycles. The highest BCUT2D eigenvalue weighted by atomic mass is 32.1. The van der Waals surface area contributed by atoms with Crippen LogP contribution in [0.1, 0.15) is 21.6 Å². The van der Waals surface area contributed by atoms with E-state index in [1.165, 1.54) is 11.3 Å². The first-order valence-corrected chi connectivity index (χ1v) is 11.9. The molecule has 0 fully saturated rings. The summed E-state index contributed by atoms with van der Waals surface area (Å²) in [5, 5.41) is 12.6. The number of hydrogen-bond donors (Lipinski definition) is 1. The maximum absolute atomic E-state index is 13.2. The van der Waals surface area contributed by atoms with E-state index >= 15 is 0 Å². The van der Waals surface area contributed by atoms with E-state index in [-0.39, 0.29) is 0 Å². The van der Waals surface area contributed by atoms with Crippen LogP contribution in [0.25, 0.3) is 16.6 Å². The fraction of sp³-hybridized carbons (Fsp3) is 0.208. The Morgan fingerprint density at radius 3 is 2.85 bits per heavy atom. The van der Waals surface area contributed by atoms with Crippen molar-refractivity contribution in [3.8, 4) is 10.8 Å². The summed E-state index contributed by atoms with van der Waals surface area (Å²) in [6.45, 7) is 0.599. The first kappa shape index (κ1) is 20.3. The second kappa shape index (κ2) is 7.65. The lowest BCUT2D eigenvalue weighted by atomic mass is 9.89. The second-order valence-corrected chi connectivity index (χ2v) is 9.54. The molecule has 1 N–H and O–H groups in total. The number of rotatable bonds is 5. The highest BCUT2D eigenvalue weighted by molar-refractivity contribution is 7.13. The summed E-state index contributed by atoms with van der Waals surface area (Å²) in [7, 11) is 1.61. The largest absolute Gasteiger partial charge is 0.493 e. The smallest absolute Gasteiger partial charge is 0.342 e. The number of esters is 1. The van der Waals surface area contributed by atoms with Gasteiger partial charge < -0.3 is 19.3 Å². The van der Waals surface area contributed by atoms with Gasteiger partial charge in [-0.2, -0.15) is 8.75 Å². The van der Waals surface area contributed by atoms with Gasteiger partial charge in [-0.1, -0.05) is 6.07 Å². The van der Waals surface area contributed by atoms with Gasteiger partial charge >= 0.3 is 5.97 Å². The Bertz CT molecular complexity index is 1440. The minimum atomic E-state index is -1.89. The molecule has 0 bridgehead atoms. The van der Waals surface area contributed by atoms with E-state index in [9.17, 15) is 9.90 Å². The van der Waals surface area contributed by atoms with Crippen LogP contribution in [0, 0.1) is 0 Å². The normalized spacial score (nSPS) is 19.6. The number of cyclic esters (lactones) is 1. The van der Waals surface area contributed by atoms with Crippen LogP contribution in [-0.4, -0.2) is 33.5 Å². The zero-order valence-corrected chi connectivity index (χ0v) is 19.2. The number of fused-ring (bicyclic) bond motifs is 2. The van der Waals surface area contributed by atoms with Crippen molar-refractivity contribution < 1.29 is 24.1 Å². The lowest BCUT2D eigenvalue weighted by Crippen LogP contribution is -2.29. The van der Waals surface area contributed by atoms with E-state index in [0.29, 0.717) is 40.8 Å². The summed E-state index contributed by atoms with van der Waals surface area (Å²) < 4.78 is 25.2. The van der Waals surface area contributed by atoms with Crippen LogP contribution in [0.4, 0.5) is 0 Å². The minimum Gasteiger partial charge on any atom is -0.493 e. The predicted molar refractivity (Wildman–Crippen MR) is 125 cm³/mol. The Morgan fingerprint density at radius 2 is 2.00 bits per heavy atom. The molecule has 1 unspecified atom stereocenters. The third-order valence-electron chi connectivity index (χ3n) is 5.97. The summed E-state index contributed by atoms with van der Waals surface area (Å²) in [5.41, 5.74) is 4.41. The predicted octanol–water partition coefficient (Wildman–Crippen LogP) is 4.09. The third kappa shape index (κ3) is 3.31. The Morgan fingerprint density at radius 1 is 1.12 bits per heavy atom. The van der Waals surface area contributed by atoms with Gasteiger partial charge in [0.1, 0.15) is 16.8 Å². The third-order valence-corrected chi connectivity index (χ3v) is 7.57. The zero-order valence-electron chi connectivity index (χ0n) is 17.5. The summed E-state index contributed by atoms with van der Waals surface area (Å²) in [4.78, 5) is 14.2. The lowest BCUT2D eigenvalue weighted by Gasteiger charge is -2.26. The van der Waals surface area contributed by atoms with E-state index in [1.807, 2.05) is 42.5 Å². The SMILES string of the molecule is COc1ccc(CC2=C(c3ccc4nsnc4c3)C(=O)OC2(O)c2ccc3c(c2)CCO3)s1. The Hall–Kier alpha value is -3.27. The molecule has 9 heteroatoms. The van der Waals surface area contributed by atoms with Crippen molar-refractivity contribution in [1.29, 1.82) is 0 Å². The molecule has 33 heavy (non-hydrogen) atoms. The van der Waals surface area contributed by atoms with Crippen molar-refractivity contribution in [3.05, 3.63) is 75.7 Å². The molecule has 2 aromatic carbocycles. The van der Waals surface area contributed by atoms with Crippen molar-refractivity contribution in [2.45, 2.75) is 18.6 Å². The summed E-state index contributed by atoms with van der Waals surface area (Å²) in [6, 6.07) is 14.7. The monoisotopic (exact) mass is 478 g/mol. The molecule has 4 aromatic rings. The van der Waals surface area contributed by atoms with Crippen LogP contribution >= 0.6 is 23.1 Å². The van der Waals surface area contributed by atoms with Gasteiger partial charge in [0.25, 0.3) is 5.79 Å². The van der Waals surface area contributed by atoms with Crippen LogP contribution in [0.15, 0.2) is 54.1 Å². The maximum atomic E-state index is 13.2. The van der Waals surface area contributed by atoms with E-state index in [2.05, 4.69) is 8.75 Å². The Balaban J connectivity index is 1.53. The highest BCUT2D eigenvalue weighted by Gasteiger charge is 2.48. The van der Waals surface area contributed by atoms with Gasteiger partial charge in [-0.25, -0.2) is 4.79 Å². The molecule has 4 heterocycles. The van der Waals surface area contributed by atoms with Crippen molar-refractivity contribution in [1.82, 2.24) is 8.75 Å². The maximum Gasteiger partial charge on any atom is 0.342 e. The van der Waals surface area contributed by atoms with Gasteiger partial charge in [-0.3, -0.25) is 0 Å². The molecule has 0 radical (unpaired) electrons. The van der Waals surface area contributed by atoms with Gasteiger partial charge in [0.2, 0.25) is 0 Å². The molecule has 0 aliphatic carbocycles. The van der Waals surface area contributed by atoms with Crippen molar-refractivity contribution in [2.75, 3.05) is 13.7 Å². The van der Waals surface area contributed by atoms with Gasteiger partial charge in [0.15, 0.2) is 5.06 Å². The number of methoxy groups -OCH3 is 1. The molecule has 6 rings (SSSR count). The Kier molecular flexibility index (Phi) is 4.72. The second-order valence-electron chi connectivity index (χ2n) is 7.88. The highest BCUT2D eigenvalue weighted by Crippen LogP contribution is 2.46. The standard InChI is InChI=1S/C24H18N2O5S2/c1-29-21-7-4-16(32-21)12-17-22(14-2-5-18-19(11-14)26-33-25-18)23(27)31-24(17,28)15-3-6-20-13(10-15)8-9-30-20/h2-7,10-11,28H,8-9,12H2,1H3. The number of carbonyl (C=O) groups is 1. The first-order valence-electron chi connectivity index (χ1n) is 10.4. The fourth-order valence-corrected chi connectivity index (χ4v) is 5.69. The van der Waals surface area contributed by atoms with Crippen molar-refractivity contribution in [2.24, 2.45) is 0 Å². The van der Waals surface area contributed by atoms with Crippen LogP contribution in [0.2, 0.25) is 0 Å². The molecule has 2 aromatic heterocycles. The number of nitrogens with zero attached hydrogens (tertiary/aromatic N) is 2. The number of carbonyl (C=O) groups excluding carboxylic acids is 1. The summed E-state index contributed by atoms with van der Waals surface area (Å²) >= 11 is 2.58. The molecule has 2 aliphatic rings. The number of aliphatic hydroxyl groups is 1. The minimum absolute atomic E-state index is 0.326. The van der Waals surface area contributed by atoms with Crippen LogP contribution in [0.3, 0.4) is 0 Å². The number of aromatic nitrogens is 2. The number of thiophene rings is 1. The average Bonchev–Trinajstić information content (AvgIpc) is 3.60. The molecule has 0 amide bonds. The van der Waals surface area contributed by atoms with Crippen LogP contribution < -0.4 is 9.47 Å². The molecular weight excluding hydrogens is 460 g/mol. The van der Waals surface area contributed by atoms with E-state index in [0.717, 1.165) is 44.9 Å². The lowest BCUT2D eigenvalue weighted by molar-refractivity contribution is -0.185. The van der Waals surface area contributed by atoms with Gasteiger partial charge in [-0.05, 0) is 53.6 Å². The van der Waals surface area contributed by atoms with E-state index < -0.39 is 11.8 Å². The summed E-state index contributed by atoms with van der Waals surface area (Å²) in [6.07, 6.45) is 1.07. The van der Waals surface area contributed by atoms with Crippen LogP contribution in [0.5, 0.6) is 10.8 Å².